The molecule has 1 aromatic rings. The smallest absolute Gasteiger partial charge is 0.274 e. The van der Waals surface area contributed by atoms with Crippen molar-refractivity contribution in [2.24, 2.45) is 5.73 Å². The Hall–Kier alpha value is -1.16. The Balaban J connectivity index is 3.26. The molecule has 0 fully saturated rings. The fraction of sp³-hybridized carbons (Fsp3) is 0.538. The first kappa shape index (κ1) is 13.9. The molecule has 1 aromatic carbocycles. The van der Waals surface area contributed by atoms with Gasteiger partial charge in [0.25, 0.3) is 5.92 Å². The fourth-order valence-corrected chi connectivity index (χ4v) is 1.89. The molecule has 0 aliphatic heterocycles. The standard InChI is InChI=1S/C13H19F2NO/c1-9-6-7-11(13(2,14)15)12(17-3)10(9)5-4-8-16/h6-7H,4-5,8,16H2,1-3H3. The predicted octanol–water partition coefficient (Wildman–Crippen LogP) is 3.01. The number of benzene rings is 1. The van der Waals surface area contributed by atoms with E-state index in [0.717, 1.165) is 24.5 Å². The van der Waals surface area contributed by atoms with Crippen LogP contribution in [0.2, 0.25) is 0 Å². The molecule has 0 amide bonds. The summed E-state index contributed by atoms with van der Waals surface area (Å²) in [6.45, 7) is 3.31. The molecule has 1 rings (SSSR count). The van der Waals surface area contributed by atoms with Gasteiger partial charge >= 0.3 is 0 Å². The van der Waals surface area contributed by atoms with E-state index in [1.165, 1.54) is 13.2 Å². The van der Waals surface area contributed by atoms with Crippen molar-refractivity contribution < 1.29 is 13.5 Å². The van der Waals surface area contributed by atoms with Gasteiger partial charge in [-0.25, -0.2) is 8.78 Å². The van der Waals surface area contributed by atoms with E-state index in [9.17, 15) is 8.78 Å². The number of aryl methyl sites for hydroxylation is 1. The molecule has 0 saturated heterocycles. The average molecular weight is 243 g/mol. The minimum Gasteiger partial charge on any atom is -0.496 e. The molecule has 0 spiro atoms. The number of ether oxygens (including phenoxy) is 1. The van der Waals surface area contributed by atoms with Crippen molar-refractivity contribution in [1.29, 1.82) is 0 Å². The summed E-state index contributed by atoms with van der Waals surface area (Å²) in [6.07, 6.45) is 1.42. The summed E-state index contributed by atoms with van der Waals surface area (Å²) in [4.78, 5) is 0. The van der Waals surface area contributed by atoms with E-state index in [0.29, 0.717) is 18.7 Å². The molecule has 0 unspecified atom stereocenters. The third kappa shape index (κ3) is 3.16. The topological polar surface area (TPSA) is 35.2 Å². The number of hydrogen-bond acceptors (Lipinski definition) is 2. The van der Waals surface area contributed by atoms with E-state index in [1.54, 1.807) is 6.07 Å². The van der Waals surface area contributed by atoms with E-state index in [2.05, 4.69) is 0 Å². The van der Waals surface area contributed by atoms with Crippen LogP contribution in [-0.4, -0.2) is 13.7 Å². The summed E-state index contributed by atoms with van der Waals surface area (Å²) in [7, 11) is 1.43. The van der Waals surface area contributed by atoms with Gasteiger partial charge in [0, 0.05) is 6.92 Å². The highest BCUT2D eigenvalue weighted by atomic mass is 19.3. The Morgan fingerprint density at radius 2 is 2.00 bits per heavy atom. The lowest BCUT2D eigenvalue weighted by Gasteiger charge is -2.19. The fourth-order valence-electron chi connectivity index (χ4n) is 1.89. The van der Waals surface area contributed by atoms with Gasteiger partial charge in [-0.1, -0.05) is 6.07 Å². The van der Waals surface area contributed by atoms with Gasteiger partial charge in [-0.3, -0.25) is 0 Å². The molecule has 2 N–H and O–H groups in total. The number of alkyl halides is 2. The highest BCUT2D eigenvalue weighted by Gasteiger charge is 2.30. The average Bonchev–Trinajstić information content (AvgIpc) is 2.25. The van der Waals surface area contributed by atoms with Gasteiger partial charge in [0.2, 0.25) is 0 Å². The van der Waals surface area contributed by atoms with E-state index in [4.69, 9.17) is 10.5 Å². The van der Waals surface area contributed by atoms with Crippen molar-refractivity contribution in [3.8, 4) is 5.75 Å². The van der Waals surface area contributed by atoms with Gasteiger partial charge in [-0.2, -0.15) is 0 Å². The van der Waals surface area contributed by atoms with Crippen LogP contribution in [0.5, 0.6) is 5.75 Å². The van der Waals surface area contributed by atoms with Crippen molar-refractivity contribution in [1.82, 2.24) is 0 Å². The van der Waals surface area contributed by atoms with E-state index < -0.39 is 5.92 Å². The second-order valence-electron chi connectivity index (χ2n) is 4.22. The van der Waals surface area contributed by atoms with Crippen LogP contribution in [0.25, 0.3) is 0 Å². The third-order valence-electron chi connectivity index (χ3n) is 2.80. The zero-order chi connectivity index (χ0) is 13.1. The Morgan fingerprint density at radius 1 is 1.35 bits per heavy atom. The van der Waals surface area contributed by atoms with Crippen LogP contribution in [0.3, 0.4) is 0 Å². The Kier molecular flexibility index (Phi) is 4.46. The van der Waals surface area contributed by atoms with Crippen molar-refractivity contribution >= 4 is 0 Å². The zero-order valence-electron chi connectivity index (χ0n) is 10.5. The summed E-state index contributed by atoms with van der Waals surface area (Å²) >= 11 is 0. The Bertz CT molecular complexity index is 386. The van der Waals surface area contributed by atoms with Crippen LogP contribution in [0.15, 0.2) is 12.1 Å². The minimum atomic E-state index is -2.89. The lowest BCUT2D eigenvalue weighted by molar-refractivity contribution is 0.0149. The van der Waals surface area contributed by atoms with Gasteiger partial charge in [0.15, 0.2) is 0 Å². The van der Waals surface area contributed by atoms with Gasteiger partial charge in [-0.05, 0) is 43.5 Å². The molecule has 17 heavy (non-hydrogen) atoms. The van der Waals surface area contributed by atoms with Crippen LogP contribution < -0.4 is 10.5 Å². The SMILES string of the molecule is COc1c(C(C)(F)F)ccc(C)c1CCCN. The molecule has 0 aliphatic rings. The maximum absolute atomic E-state index is 13.4. The normalized spacial score (nSPS) is 11.6. The van der Waals surface area contributed by atoms with Gasteiger partial charge in [-0.15, -0.1) is 0 Å². The first-order valence-electron chi connectivity index (χ1n) is 5.66. The van der Waals surface area contributed by atoms with Crippen LogP contribution in [-0.2, 0) is 12.3 Å². The van der Waals surface area contributed by atoms with Crippen molar-refractivity contribution in [3.63, 3.8) is 0 Å². The summed E-state index contributed by atoms with van der Waals surface area (Å²) < 4.78 is 32.0. The molecule has 0 bridgehead atoms. The second kappa shape index (κ2) is 5.45. The summed E-state index contributed by atoms with van der Waals surface area (Å²) in [5.74, 6) is -2.60. The maximum Gasteiger partial charge on any atom is 0.274 e. The van der Waals surface area contributed by atoms with Crippen LogP contribution in [0.1, 0.15) is 30.0 Å². The maximum atomic E-state index is 13.4. The molecule has 0 atom stereocenters. The number of hydrogen-bond donors (Lipinski definition) is 1. The summed E-state index contributed by atoms with van der Waals surface area (Å²) in [5, 5.41) is 0. The van der Waals surface area contributed by atoms with Crippen LogP contribution in [0.4, 0.5) is 8.78 Å². The number of halogens is 2. The largest absolute Gasteiger partial charge is 0.496 e. The van der Waals surface area contributed by atoms with E-state index in [1.807, 2.05) is 6.92 Å². The van der Waals surface area contributed by atoms with E-state index in [-0.39, 0.29) is 5.56 Å². The third-order valence-corrected chi connectivity index (χ3v) is 2.80. The minimum absolute atomic E-state index is 0.0578. The highest BCUT2D eigenvalue weighted by Crippen LogP contribution is 2.38. The summed E-state index contributed by atoms with van der Waals surface area (Å²) in [6, 6.07) is 3.14. The molecular weight excluding hydrogens is 224 g/mol. The molecule has 0 saturated carbocycles. The van der Waals surface area contributed by atoms with Gasteiger partial charge < -0.3 is 10.5 Å². The Morgan fingerprint density at radius 3 is 2.47 bits per heavy atom. The zero-order valence-corrected chi connectivity index (χ0v) is 10.5. The lowest BCUT2D eigenvalue weighted by atomic mass is 9.96. The van der Waals surface area contributed by atoms with Gasteiger partial charge in [0.1, 0.15) is 5.75 Å². The first-order chi connectivity index (χ1) is 7.91. The molecule has 96 valence electrons. The first-order valence-corrected chi connectivity index (χ1v) is 5.66. The van der Waals surface area contributed by atoms with Gasteiger partial charge in [0.05, 0.1) is 12.7 Å². The number of nitrogens with two attached hydrogens (primary N) is 1. The van der Waals surface area contributed by atoms with E-state index >= 15 is 0 Å². The Labute approximate surface area is 101 Å². The van der Waals surface area contributed by atoms with Crippen LogP contribution >= 0.6 is 0 Å². The molecule has 0 radical (unpaired) electrons. The van der Waals surface area contributed by atoms with Crippen molar-refractivity contribution in [2.45, 2.75) is 32.6 Å². The monoisotopic (exact) mass is 243 g/mol. The molecule has 0 aromatic heterocycles. The number of rotatable bonds is 5. The summed E-state index contributed by atoms with van der Waals surface area (Å²) in [5.41, 5.74) is 7.19. The molecule has 4 heteroatoms. The molecule has 0 heterocycles. The lowest BCUT2D eigenvalue weighted by Crippen LogP contribution is -2.12. The van der Waals surface area contributed by atoms with Crippen molar-refractivity contribution in [3.05, 3.63) is 28.8 Å². The quantitative estimate of drug-likeness (QED) is 0.862. The number of methoxy groups -OCH3 is 1. The van der Waals surface area contributed by atoms with Crippen molar-refractivity contribution in [2.75, 3.05) is 13.7 Å². The molecule has 2 nitrogen and oxygen atoms in total. The van der Waals surface area contributed by atoms with Crippen LogP contribution in [0, 0.1) is 6.92 Å². The molecule has 0 aliphatic carbocycles. The second-order valence-corrected chi connectivity index (χ2v) is 4.22. The molecular formula is C13H19F2NO. The highest BCUT2D eigenvalue weighted by molar-refractivity contribution is 5.48. The predicted molar refractivity (Wildman–Crippen MR) is 64.7 cm³/mol.